The number of ether oxygens (including phenoxy) is 1. The number of methoxy groups -OCH3 is 1. The first kappa shape index (κ1) is 9.01. The van der Waals surface area contributed by atoms with Crippen molar-refractivity contribution in [3.8, 4) is 16.8 Å². The molecule has 2 aromatic rings. The molecule has 1 aromatic carbocycles. The molecule has 0 saturated carbocycles. The average molecular weight is 182 g/mol. The van der Waals surface area contributed by atoms with Crippen molar-refractivity contribution in [2.75, 3.05) is 7.11 Å². The Morgan fingerprint density at radius 1 is 1.00 bits per heavy atom. The molecule has 0 aliphatic heterocycles. The van der Waals surface area contributed by atoms with Gasteiger partial charge in [0.25, 0.3) is 0 Å². The van der Waals surface area contributed by atoms with Crippen LogP contribution in [0.5, 0.6) is 5.75 Å². The number of rotatable bonds is 2. The van der Waals surface area contributed by atoms with Crippen LogP contribution < -0.4 is 4.74 Å². The topological polar surface area (TPSA) is 9.23 Å². The van der Waals surface area contributed by atoms with Crippen LogP contribution >= 0.6 is 0 Å². The third-order valence-corrected chi connectivity index (χ3v) is 2.19. The van der Waals surface area contributed by atoms with E-state index in [2.05, 4.69) is 19.0 Å². The summed E-state index contributed by atoms with van der Waals surface area (Å²) in [5.41, 5.74) is 2.32. The van der Waals surface area contributed by atoms with Gasteiger partial charge in [0.15, 0.2) is 0 Å². The fourth-order valence-corrected chi connectivity index (χ4v) is 1.50. The van der Waals surface area contributed by atoms with Gasteiger partial charge in [-0.3, -0.25) is 0 Å². The van der Waals surface area contributed by atoms with Crippen LogP contribution in [0.4, 0.5) is 0 Å². The van der Waals surface area contributed by atoms with Crippen molar-refractivity contribution in [3.63, 3.8) is 0 Å². The van der Waals surface area contributed by atoms with E-state index in [0.29, 0.717) is 0 Å². The Hall–Kier alpha value is -1.57. The van der Waals surface area contributed by atoms with E-state index in [1.54, 1.807) is 7.11 Å². The van der Waals surface area contributed by atoms with Crippen molar-refractivity contribution < 1.29 is 4.74 Å². The molecule has 1 nitrogen and oxygen atoms in total. The SMILES string of the molecule is COc1ccccc1-c1bcccc1. The summed E-state index contributed by atoms with van der Waals surface area (Å²) in [4.78, 5) is 0. The fraction of sp³-hybridized carbons (Fsp3) is 0.0833. The van der Waals surface area contributed by atoms with Crippen molar-refractivity contribution in [1.29, 1.82) is 0 Å². The van der Waals surface area contributed by atoms with Gasteiger partial charge < -0.3 is 0 Å². The number of hydrogen-bond donors (Lipinski definition) is 0. The second kappa shape index (κ2) is 4.10. The van der Waals surface area contributed by atoms with Crippen molar-refractivity contribution in [3.05, 3.63) is 48.4 Å². The number of para-hydroxylation sites is 1. The van der Waals surface area contributed by atoms with Crippen LogP contribution in [-0.2, 0) is 0 Å². The molecule has 2 rings (SSSR count). The molecule has 68 valence electrons. The van der Waals surface area contributed by atoms with Gasteiger partial charge in [0.2, 0.25) is 0 Å². The molecule has 1 aromatic heterocycles. The molecule has 0 radical (unpaired) electrons. The minimum absolute atomic E-state index is 0.915. The van der Waals surface area contributed by atoms with Gasteiger partial charge in [0, 0.05) is 0 Å². The molecule has 0 bridgehead atoms. The van der Waals surface area contributed by atoms with E-state index in [1.165, 1.54) is 5.46 Å². The summed E-state index contributed by atoms with van der Waals surface area (Å²) in [5.74, 6) is 2.94. The Kier molecular flexibility index (Phi) is 2.64. The molecule has 0 aliphatic rings. The normalized spacial score (nSPS) is 9.50. The first-order valence-electron chi connectivity index (χ1n) is 4.60. The first-order valence-corrected chi connectivity index (χ1v) is 4.60. The van der Waals surface area contributed by atoms with E-state index in [4.69, 9.17) is 4.74 Å². The van der Waals surface area contributed by atoms with Gasteiger partial charge >= 0.3 is 84.0 Å². The van der Waals surface area contributed by atoms with Crippen molar-refractivity contribution >= 4 is 6.91 Å². The van der Waals surface area contributed by atoms with Crippen LogP contribution in [0.2, 0.25) is 0 Å². The molecule has 0 saturated heterocycles. The van der Waals surface area contributed by atoms with Gasteiger partial charge in [0.05, 0.1) is 0 Å². The van der Waals surface area contributed by atoms with Crippen LogP contribution in [-0.4, -0.2) is 14.0 Å². The molecule has 0 N–H and O–H groups in total. The molecular formula is C12H11BO. The van der Waals surface area contributed by atoms with Crippen molar-refractivity contribution in [2.45, 2.75) is 0 Å². The monoisotopic (exact) mass is 182 g/mol. The predicted molar refractivity (Wildman–Crippen MR) is 59.8 cm³/mol. The van der Waals surface area contributed by atoms with Crippen molar-refractivity contribution in [2.24, 2.45) is 0 Å². The summed E-state index contributed by atoms with van der Waals surface area (Å²) in [6, 6.07) is 14.2. The molecular weight excluding hydrogens is 171 g/mol. The predicted octanol–water partition coefficient (Wildman–Crippen LogP) is 2.70. The molecule has 0 fully saturated rings. The molecule has 0 spiro atoms. The van der Waals surface area contributed by atoms with Gasteiger partial charge in [-0.1, -0.05) is 0 Å². The summed E-state index contributed by atoms with van der Waals surface area (Å²) >= 11 is 0. The zero-order valence-corrected chi connectivity index (χ0v) is 8.10. The van der Waals surface area contributed by atoms with Gasteiger partial charge in [-0.2, -0.15) is 0 Å². The second-order valence-electron chi connectivity index (χ2n) is 3.07. The minimum atomic E-state index is 0.915. The summed E-state index contributed by atoms with van der Waals surface area (Å²) < 4.78 is 5.30. The molecule has 0 amide bonds. The Labute approximate surface area is 84.6 Å². The third kappa shape index (κ3) is 1.69. The maximum absolute atomic E-state index is 5.30. The van der Waals surface area contributed by atoms with E-state index in [9.17, 15) is 0 Å². The zero-order chi connectivity index (χ0) is 9.80. The van der Waals surface area contributed by atoms with E-state index in [0.717, 1.165) is 11.3 Å². The van der Waals surface area contributed by atoms with Gasteiger partial charge in [-0.05, 0) is 0 Å². The van der Waals surface area contributed by atoms with E-state index in [1.807, 2.05) is 36.3 Å². The van der Waals surface area contributed by atoms with Crippen LogP contribution in [0.15, 0.2) is 48.4 Å². The summed E-state index contributed by atoms with van der Waals surface area (Å²) in [5, 5.41) is 0. The molecule has 2 heteroatoms. The van der Waals surface area contributed by atoms with Crippen LogP contribution in [0.25, 0.3) is 11.0 Å². The van der Waals surface area contributed by atoms with E-state index >= 15 is 0 Å². The summed E-state index contributed by atoms with van der Waals surface area (Å²) in [7, 11) is 1.70. The van der Waals surface area contributed by atoms with Crippen molar-refractivity contribution in [1.82, 2.24) is 0 Å². The quantitative estimate of drug-likeness (QED) is 0.693. The molecule has 0 atom stereocenters. The Morgan fingerprint density at radius 3 is 2.50 bits per heavy atom. The maximum atomic E-state index is 5.30. The number of hydrogen-bond acceptors (Lipinski definition) is 1. The molecule has 0 unspecified atom stereocenters. The van der Waals surface area contributed by atoms with E-state index < -0.39 is 0 Å². The third-order valence-electron chi connectivity index (χ3n) is 2.19. The van der Waals surface area contributed by atoms with E-state index in [-0.39, 0.29) is 0 Å². The van der Waals surface area contributed by atoms with Gasteiger partial charge in [-0.15, -0.1) is 0 Å². The molecule has 14 heavy (non-hydrogen) atoms. The molecule has 1 heterocycles. The second-order valence-corrected chi connectivity index (χ2v) is 3.07. The van der Waals surface area contributed by atoms with Gasteiger partial charge in [-0.25, -0.2) is 0 Å². The summed E-state index contributed by atoms with van der Waals surface area (Å²) in [6.07, 6.45) is 0. The summed E-state index contributed by atoms with van der Waals surface area (Å²) in [6.45, 7) is 2.08. The van der Waals surface area contributed by atoms with Gasteiger partial charge in [0.1, 0.15) is 0 Å². The Morgan fingerprint density at radius 2 is 1.79 bits per heavy atom. The Balaban J connectivity index is 2.51. The standard InChI is InChI=1S/C12H11BO/c1-14-12-8-3-2-6-10(12)11-7-4-5-9-13-11/h2-9H,1H3. The fourth-order valence-electron chi connectivity index (χ4n) is 1.50. The zero-order valence-electron chi connectivity index (χ0n) is 8.10. The van der Waals surface area contributed by atoms with Crippen LogP contribution in [0, 0.1) is 0 Å². The van der Waals surface area contributed by atoms with Crippen LogP contribution in [0.1, 0.15) is 0 Å². The number of benzene rings is 1. The average Bonchev–Trinajstić information content (AvgIpc) is 2.30. The molecule has 0 aliphatic carbocycles. The Bertz CT molecular complexity index is 412. The first-order chi connectivity index (χ1) is 6.92. The van der Waals surface area contributed by atoms with Crippen LogP contribution in [0.3, 0.4) is 0 Å².